The first-order chi connectivity index (χ1) is 9.16. The number of H-pyrrole nitrogens is 1. The Balaban J connectivity index is 2.03. The smallest absolute Gasteiger partial charge is 0.278 e. The topological polar surface area (TPSA) is 87.2 Å². The Labute approximate surface area is 109 Å². The van der Waals surface area contributed by atoms with Crippen LogP contribution >= 0.6 is 0 Å². The van der Waals surface area contributed by atoms with Crippen LogP contribution in [0.3, 0.4) is 0 Å². The minimum Gasteiger partial charge on any atom is -0.312 e. The lowest BCUT2D eigenvalue weighted by atomic mass is 10.2. The van der Waals surface area contributed by atoms with Crippen molar-refractivity contribution in [1.82, 2.24) is 15.4 Å². The number of hydrogen-bond acceptors (Lipinski definition) is 4. The zero-order valence-corrected chi connectivity index (χ0v) is 10.3. The Hall–Kier alpha value is -2.76. The molecule has 0 fully saturated rings. The summed E-state index contributed by atoms with van der Waals surface area (Å²) >= 11 is 0. The highest BCUT2D eigenvalue weighted by atomic mass is 16.2. The van der Waals surface area contributed by atoms with Crippen LogP contribution in [-0.2, 0) is 0 Å². The first-order valence-electron chi connectivity index (χ1n) is 5.59. The number of nitrogens with one attached hydrogen (secondary N) is 2. The number of aromatic amines is 1. The fourth-order valence-electron chi connectivity index (χ4n) is 1.38. The molecule has 2 aromatic rings. The predicted octanol–water partition coefficient (Wildman–Crippen LogP) is 0.842. The summed E-state index contributed by atoms with van der Waals surface area (Å²) in [6, 6.07) is 7.63. The second-order valence-corrected chi connectivity index (χ2v) is 3.90. The van der Waals surface area contributed by atoms with Crippen molar-refractivity contribution in [2.75, 3.05) is 0 Å². The largest absolute Gasteiger partial charge is 0.312 e. The molecule has 0 aliphatic heterocycles. The van der Waals surface area contributed by atoms with E-state index >= 15 is 0 Å². The molecule has 0 bridgehead atoms. The molecule has 2 rings (SSSR count). The van der Waals surface area contributed by atoms with Gasteiger partial charge < -0.3 is 4.98 Å². The van der Waals surface area contributed by atoms with Gasteiger partial charge in [-0.3, -0.25) is 9.59 Å². The quantitative estimate of drug-likeness (QED) is 0.630. The Morgan fingerprint density at radius 3 is 2.79 bits per heavy atom. The Bertz CT molecular complexity index is 659. The molecule has 0 atom stereocenters. The maximum atomic E-state index is 11.6. The number of amides is 1. The second kappa shape index (κ2) is 5.72. The summed E-state index contributed by atoms with van der Waals surface area (Å²) in [6.07, 6.45) is 3.91. The van der Waals surface area contributed by atoms with Gasteiger partial charge in [0.25, 0.3) is 11.5 Å². The molecule has 0 spiro atoms. The first-order valence-corrected chi connectivity index (χ1v) is 5.59. The standard InChI is InChI=1S/C13H12N4O2/c1-9-2-4-10(5-3-9)6-16-17-13(19)11-7-14-8-15-12(11)18/h2-8H,1H3,(H,17,19)(H,14,15,18). The van der Waals surface area contributed by atoms with Crippen LogP contribution in [-0.4, -0.2) is 22.1 Å². The zero-order valence-electron chi connectivity index (χ0n) is 10.3. The summed E-state index contributed by atoms with van der Waals surface area (Å²) in [4.78, 5) is 28.9. The number of aromatic nitrogens is 2. The lowest BCUT2D eigenvalue weighted by Gasteiger charge is -1.98. The van der Waals surface area contributed by atoms with Crippen LogP contribution in [0.15, 0.2) is 46.7 Å². The Morgan fingerprint density at radius 2 is 2.11 bits per heavy atom. The molecule has 0 aliphatic carbocycles. The molecule has 19 heavy (non-hydrogen) atoms. The number of hydrazone groups is 1. The van der Waals surface area contributed by atoms with E-state index in [9.17, 15) is 9.59 Å². The van der Waals surface area contributed by atoms with E-state index in [4.69, 9.17) is 0 Å². The number of aryl methyl sites for hydroxylation is 1. The molecule has 1 aromatic heterocycles. The maximum absolute atomic E-state index is 11.6. The van der Waals surface area contributed by atoms with Crippen molar-refractivity contribution in [2.24, 2.45) is 5.10 Å². The van der Waals surface area contributed by atoms with Crippen molar-refractivity contribution in [1.29, 1.82) is 0 Å². The van der Waals surface area contributed by atoms with Crippen LogP contribution in [0.2, 0.25) is 0 Å². The zero-order chi connectivity index (χ0) is 13.7. The first kappa shape index (κ1) is 12.7. The molecule has 0 saturated carbocycles. The van der Waals surface area contributed by atoms with E-state index in [1.807, 2.05) is 31.2 Å². The molecule has 96 valence electrons. The van der Waals surface area contributed by atoms with Crippen LogP contribution < -0.4 is 11.0 Å². The van der Waals surface area contributed by atoms with Crippen molar-refractivity contribution in [3.05, 3.63) is 63.8 Å². The molecular formula is C13H12N4O2. The average Bonchev–Trinajstić information content (AvgIpc) is 2.41. The van der Waals surface area contributed by atoms with Gasteiger partial charge in [-0.05, 0) is 12.5 Å². The normalized spacial score (nSPS) is 10.6. The maximum Gasteiger partial charge on any atom is 0.278 e. The van der Waals surface area contributed by atoms with Crippen molar-refractivity contribution < 1.29 is 4.79 Å². The third kappa shape index (κ3) is 3.35. The number of benzene rings is 1. The minimum absolute atomic E-state index is 0.0800. The second-order valence-electron chi connectivity index (χ2n) is 3.90. The van der Waals surface area contributed by atoms with E-state index in [-0.39, 0.29) is 5.56 Å². The number of carbonyl (C=O) groups is 1. The number of nitrogens with zero attached hydrogens (tertiary/aromatic N) is 2. The monoisotopic (exact) mass is 256 g/mol. The fourth-order valence-corrected chi connectivity index (χ4v) is 1.38. The molecule has 2 N–H and O–H groups in total. The lowest BCUT2D eigenvalue weighted by Crippen LogP contribution is -2.26. The van der Waals surface area contributed by atoms with E-state index < -0.39 is 11.5 Å². The summed E-state index contributed by atoms with van der Waals surface area (Å²) in [6.45, 7) is 1.98. The number of hydrogen-bond donors (Lipinski definition) is 2. The van der Waals surface area contributed by atoms with Gasteiger partial charge >= 0.3 is 0 Å². The van der Waals surface area contributed by atoms with Crippen LogP contribution in [0.1, 0.15) is 21.5 Å². The molecule has 0 radical (unpaired) electrons. The van der Waals surface area contributed by atoms with Crippen LogP contribution in [0.25, 0.3) is 0 Å². The van der Waals surface area contributed by atoms with Gasteiger partial charge in [-0.25, -0.2) is 10.4 Å². The molecule has 6 heteroatoms. The fraction of sp³-hybridized carbons (Fsp3) is 0.0769. The van der Waals surface area contributed by atoms with E-state index in [0.29, 0.717) is 0 Å². The number of carbonyl (C=O) groups excluding carboxylic acids is 1. The van der Waals surface area contributed by atoms with Crippen LogP contribution in [0.5, 0.6) is 0 Å². The van der Waals surface area contributed by atoms with Gasteiger partial charge in [-0.2, -0.15) is 5.10 Å². The van der Waals surface area contributed by atoms with Gasteiger partial charge in [0, 0.05) is 6.20 Å². The van der Waals surface area contributed by atoms with Gasteiger partial charge in [0.15, 0.2) is 0 Å². The Morgan fingerprint density at radius 1 is 1.37 bits per heavy atom. The predicted molar refractivity (Wildman–Crippen MR) is 71.1 cm³/mol. The van der Waals surface area contributed by atoms with Gasteiger partial charge in [-0.1, -0.05) is 29.8 Å². The highest BCUT2D eigenvalue weighted by Crippen LogP contribution is 1.99. The van der Waals surface area contributed by atoms with Crippen molar-refractivity contribution >= 4 is 12.1 Å². The third-order valence-corrected chi connectivity index (χ3v) is 2.42. The highest BCUT2D eigenvalue weighted by molar-refractivity contribution is 5.94. The van der Waals surface area contributed by atoms with Crippen LogP contribution in [0.4, 0.5) is 0 Å². The van der Waals surface area contributed by atoms with E-state index in [1.165, 1.54) is 18.7 Å². The molecule has 0 aliphatic rings. The molecule has 1 amide bonds. The summed E-state index contributed by atoms with van der Waals surface area (Å²) in [5.74, 6) is -0.599. The lowest BCUT2D eigenvalue weighted by molar-refractivity contribution is 0.0953. The van der Waals surface area contributed by atoms with Gasteiger partial charge in [0.1, 0.15) is 5.56 Å². The average molecular weight is 256 g/mol. The third-order valence-electron chi connectivity index (χ3n) is 2.42. The summed E-state index contributed by atoms with van der Waals surface area (Å²) in [7, 11) is 0. The van der Waals surface area contributed by atoms with Crippen molar-refractivity contribution in [2.45, 2.75) is 6.92 Å². The number of rotatable bonds is 3. The molecule has 1 heterocycles. The van der Waals surface area contributed by atoms with Gasteiger partial charge in [0.2, 0.25) is 0 Å². The molecule has 6 nitrogen and oxygen atoms in total. The molecule has 0 saturated heterocycles. The van der Waals surface area contributed by atoms with E-state index in [1.54, 1.807) is 0 Å². The SMILES string of the molecule is Cc1ccc(C=NNC(=O)c2cnc[nH]c2=O)cc1. The summed E-state index contributed by atoms with van der Waals surface area (Å²) in [5.41, 5.74) is 3.69. The van der Waals surface area contributed by atoms with Gasteiger partial charge in [-0.15, -0.1) is 0 Å². The minimum atomic E-state index is -0.599. The molecular weight excluding hydrogens is 244 g/mol. The van der Waals surface area contributed by atoms with Gasteiger partial charge in [0.05, 0.1) is 12.5 Å². The molecule has 1 aromatic carbocycles. The van der Waals surface area contributed by atoms with Crippen molar-refractivity contribution in [3.8, 4) is 0 Å². The van der Waals surface area contributed by atoms with E-state index in [0.717, 1.165) is 11.1 Å². The van der Waals surface area contributed by atoms with Crippen LogP contribution in [0, 0.1) is 6.92 Å². The molecule has 0 unspecified atom stereocenters. The highest BCUT2D eigenvalue weighted by Gasteiger charge is 2.08. The Kier molecular flexibility index (Phi) is 3.82. The summed E-state index contributed by atoms with van der Waals surface area (Å²) < 4.78 is 0. The van der Waals surface area contributed by atoms with E-state index in [2.05, 4.69) is 20.5 Å². The van der Waals surface area contributed by atoms with Crippen molar-refractivity contribution in [3.63, 3.8) is 0 Å². The summed E-state index contributed by atoms with van der Waals surface area (Å²) in [5, 5.41) is 3.78.